The van der Waals surface area contributed by atoms with Gasteiger partial charge in [0.05, 0.1) is 6.07 Å². The van der Waals surface area contributed by atoms with Crippen LogP contribution in [0.1, 0.15) is 46.5 Å². The summed E-state index contributed by atoms with van der Waals surface area (Å²) in [5.74, 6) is 0.906. The molecule has 1 heteroatoms. The predicted octanol–water partition coefficient (Wildman–Crippen LogP) is 3.36. The van der Waals surface area contributed by atoms with Crippen LogP contribution < -0.4 is 0 Å². The summed E-state index contributed by atoms with van der Waals surface area (Å²) in [7, 11) is 0. The van der Waals surface area contributed by atoms with Crippen molar-refractivity contribution in [3.63, 3.8) is 0 Å². The van der Waals surface area contributed by atoms with E-state index in [2.05, 4.69) is 26.8 Å². The van der Waals surface area contributed by atoms with Gasteiger partial charge in [-0.15, -0.1) is 0 Å². The van der Waals surface area contributed by atoms with Gasteiger partial charge in [-0.2, -0.15) is 5.26 Å². The van der Waals surface area contributed by atoms with Crippen LogP contribution in [0.4, 0.5) is 0 Å². The zero-order valence-corrected chi connectivity index (χ0v) is 8.43. The summed E-state index contributed by atoms with van der Waals surface area (Å²) in [6.45, 7) is 6.71. The predicted molar refractivity (Wildman–Crippen MR) is 50.5 cm³/mol. The highest BCUT2D eigenvalue weighted by molar-refractivity contribution is 4.90. The minimum absolute atomic E-state index is 0.254. The minimum Gasteiger partial charge on any atom is -0.198 e. The van der Waals surface area contributed by atoms with Gasteiger partial charge in [0.25, 0.3) is 0 Å². The van der Waals surface area contributed by atoms with Gasteiger partial charge in [0.1, 0.15) is 0 Å². The monoisotopic (exact) mass is 165 g/mol. The molecule has 0 spiro atoms. The molecule has 0 aliphatic heterocycles. The van der Waals surface area contributed by atoms with Crippen LogP contribution in [0, 0.1) is 28.6 Å². The zero-order chi connectivity index (χ0) is 9.19. The fourth-order valence-electron chi connectivity index (χ4n) is 2.29. The van der Waals surface area contributed by atoms with Crippen molar-refractivity contribution < 1.29 is 0 Å². The Morgan fingerprint density at radius 1 is 1.50 bits per heavy atom. The van der Waals surface area contributed by atoms with Crippen LogP contribution in [-0.4, -0.2) is 0 Å². The molecule has 0 N–H and O–H groups in total. The molecule has 2 atom stereocenters. The first-order chi connectivity index (χ1) is 5.55. The Bertz CT molecular complexity index is 188. The van der Waals surface area contributed by atoms with Gasteiger partial charge in [0, 0.05) is 5.92 Å². The third kappa shape index (κ3) is 2.24. The third-order valence-electron chi connectivity index (χ3n) is 3.15. The molecule has 1 rings (SSSR count). The van der Waals surface area contributed by atoms with Crippen molar-refractivity contribution in [1.29, 1.82) is 5.26 Å². The quantitative estimate of drug-likeness (QED) is 0.584. The molecular formula is C11H19N. The van der Waals surface area contributed by atoms with E-state index in [-0.39, 0.29) is 5.92 Å². The third-order valence-corrected chi connectivity index (χ3v) is 3.15. The molecule has 1 aliphatic carbocycles. The van der Waals surface area contributed by atoms with E-state index in [1.54, 1.807) is 0 Å². The Hall–Kier alpha value is -0.510. The molecule has 0 amide bonds. The van der Waals surface area contributed by atoms with Crippen LogP contribution in [0.3, 0.4) is 0 Å². The van der Waals surface area contributed by atoms with Crippen molar-refractivity contribution in [3.05, 3.63) is 0 Å². The molecule has 0 aromatic rings. The molecule has 0 saturated heterocycles. The van der Waals surface area contributed by atoms with E-state index in [0.29, 0.717) is 11.3 Å². The standard InChI is InChI=1S/C11H19N/c1-9(8-12)10-5-4-6-11(2,3)7-10/h9-10H,4-7H2,1-3H3. The second-order valence-corrected chi connectivity index (χ2v) is 4.94. The summed E-state index contributed by atoms with van der Waals surface area (Å²) < 4.78 is 0. The van der Waals surface area contributed by atoms with Crippen molar-refractivity contribution in [2.45, 2.75) is 46.5 Å². The van der Waals surface area contributed by atoms with E-state index < -0.39 is 0 Å². The van der Waals surface area contributed by atoms with Gasteiger partial charge in [-0.1, -0.05) is 20.3 Å². The molecule has 1 saturated carbocycles. The van der Waals surface area contributed by atoms with Crippen molar-refractivity contribution in [2.24, 2.45) is 17.3 Å². The number of hydrogen-bond acceptors (Lipinski definition) is 1. The topological polar surface area (TPSA) is 23.8 Å². The lowest BCUT2D eigenvalue weighted by Gasteiger charge is -2.36. The zero-order valence-electron chi connectivity index (χ0n) is 8.43. The summed E-state index contributed by atoms with van der Waals surface area (Å²) >= 11 is 0. The molecule has 2 unspecified atom stereocenters. The molecule has 0 aromatic heterocycles. The lowest BCUT2D eigenvalue weighted by atomic mass is 9.69. The van der Waals surface area contributed by atoms with E-state index in [1.807, 2.05) is 0 Å². The normalized spacial score (nSPS) is 30.7. The lowest BCUT2D eigenvalue weighted by Crippen LogP contribution is -2.25. The van der Waals surface area contributed by atoms with Crippen LogP contribution in [0.2, 0.25) is 0 Å². The first-order valence-corrected chi connectivity index (χ1v) is 4.95. The maximum absolute atomic E-state index is 8.81. The molecule has 0 radical (unpaired) electrons. The molecule has 0 aromatic carbocycles. The molecule has 0 bridgehead atoms. The van der Waals surface area contributed by atoms with Gasteiger partial charge >= 0.3 is 0 Å². The second-order valence-electron chi connectivity index (χ2n) is 4.94. The van der Waals surface area contributed by atoms with Gasteiger partial charge in [-0.05, 0) is 37.5 Å². The highest BCUT2D eigenvalue weighted by Crippen LogP contribution is 2.41. The lowest BCUT2D eigenvalue weighted by molar-refractivity contribution is 0.158. The fraction of sp³-hybridized carbons (Fsp3) is 0.909. The van der Waals surface area contributed by atoms with Crippen molar-refractivity contribution >= 4 is 0 Å². The van der Waals surface area contributed by atoms with E-state index in [4.69, 9.17) is 5.26 Å². The average Bonchev–Trinajstić information content (AvgIpc) is 2.01. The van der Waals surface area contributed by atoms with E-state index in [0.717, 1.165) is 0 Å². The van der Waals surface area contributed by atoms with Crippen molar-refractivity contribution in [1.82, 2.24) is 0 Å². The summed E-state index contributed by atoms with van der Waals surface area (Å²) in [5.41, 5.74) is 0.480. The maximum Gasteiger partial charge on any atom is 0.0655 e. The Morgan fingerprint density at radius 2 is 2.17 bits per heavy atom. The Balaban J connectivity index is 2.53. The van der Waals surface area contributed by atoms with Crippen LogP contribution in [0.15, 0.2) is 0 Å². The van der Waals surface area contributed by atoms with Crippen molar-refractivity contribution in [2.75, 3.05) is 0 Å². The second kappa shape index (κ2) is 3.47. The Labute approximate surface area is 75.8 Å². The van der Waals surface area contributed by atoms with Crippen molar-refractivity contribution in [3.8, 4) is 6.07 Å². The number of hydrogen-bond donors (Lipinski definition) is 0. The number of nitriles is 1. The summed E-state index contributed by atoms with van der Waals surface area (Å²) in [6.07, 6.45) is 5.14. The highest BCUT2D eigenvalue weighted by atomic mass is 14.4. The Kier molecular flexibility index (Phi) is 2.77. The average molecular weight is 165 g/mol. The van der Waals surface area contributed by atoms with Crippen LogP contribution in [0.5, 0.6) is 0 Å². The van der Waals surface area contributed by atoms with Gasteiger partial charge in [-0.25, -0.2) is 0 Å². The van der Waals surface area contributed by atoms with E-state index in [9.17, 15) is 0 Å². The first-order valence-electron chi connectivity index (χ1n) is 4.95. The number of nitrogens with zero attached hydrogens (tertiary/aromatic N) is 1. The van der Waals surface area contributed by atoms with Gasteiger partial charge in [-0.3, -0.25) is 0 Å². The fourth-order valence-corrected chi connectivity index (χ4v) is 2.29. The molecule has 0 heterocycles. The van der Waals surface area contributed by atoms with Gasteiger partial charge in [0.15, 0.2) is 0 Å². The van der Waals surface area contributed by atoms with Crippen LogP contribution >= 0.6 is 0 Å². The maximum atomic E-state index is 8.81. The Morgan fingerprint density at radius 3 is 2.67 bits per heavy atom. The smallest absolute Gasteiger partial charge is 0.0655 e. The molecule has 12 heavy (non-hydrogen) atoms. The highest BCUT2D eigenvalue weighted by Gasteiger charge is 2.30. The summed E-state index contributed by atoms with van der Waals surface area (Å²) in [4.78, 5) is 0. The molecule has 1 aliphatic rings. The minimum atomic E-state index is 0.254. The summed E-state index contributed by atoms with van der Waals surface area (Å²) in [5, 5.41) is 8.81. The van der Waals surface area contributed by atoms with Gasteiger partial charge in [0.2, 0.25) is 0 Å². The number of rotatable bonds is 1. The first kappa shape index (κ1) is 9.58. The molecule has 1 nitrogen and oxygen atoms in total. The van der Waals surface area contributed by atoms with Crippen LogP contribution in [0.25, 0.3) is 0 Å². The van der Waals surface area contributed by atoms with Gasteiger partial charge < -0.3 is 0 Å². The van der Waals surface area contributed by atoms with E-state index in [1.165, 1.54) is 25.7 Å². The summed E-state index contributed by atoms with van der Waals surface area (Å²) in [6, 6.07) is 2.37. The SMILES string of the molecule is CC(C#N)C1CCCC(C)(C)C1. The molecule has 68 valence electrons. The largest absolute Gasteiger partial charge is 0.198 e. The van der Waals surface area contributed by atoms with Crippen LogP contribution in [-0.2, 0) is 0 Å². The molecule has 1 fully saturated rings. The molecular weight excluding hydrogens is 146 g/mol. The van der Waals surface area contributed by atoms with E-state index >= 15 is 0 Å².